The van der Waals surface area contributed by atoms with Gasteiger partial charge in [-0.05, 0) is 23.1 Å². The zero-order valence-electron chi connectivity index (χ0n) is 13.4. The van der Waals surface area contributed by atoms with Crippen LogP contribution in [0.1, 0.15) is 5.56 Å². The standard InChI is InChI=1S/C20H18BrNO2/c1-22(13-16-8-3-5-11-18(16)21)20(23)14-24-19-12-6-9-15-7-2-4-10-17(15)19/h2-12H,13-14H2,1H3. The quantitative estimate of drug-likeness (QED) is 0.642. The molecule has 0 saturated carbocycles. The van der Waals surface area contributed by atoms with Crippen LogP contribution >= 0.6 is 15.9 Å². The molecule has 4 heteroatoms. The van der Waals surface area contributed by atoms with Crippen LogP contribution in [0, 0.1) is 0 Å². The third-order valence-electron chi connectivity index (χ3n) is 3.89. The van der Waals surface area contributed by atoms with Gasteiger partial charge in [0.2, 0.25) is 0 Å². The predicted octanol–water partition coefficient (Wildman–Crippen LogP) is 4.64. The van der Waals surface area contributed by atoms with Crippen LogP contribution in [0.3, 0.4) is 0 Å². The molecule has 0 bridgehead atoms. The second kappa shape index (κ2) is 7.49. The van der Waals surface area contributed by atoms with Crippen molar-refractivity contribution in [1.29, 1.82) is 0 Å². The fourth-order valence-electron chi connectivity index (χ4n) is 2.54. The molecule has 0 spiro atoms. The fourth-order valence-corrected chi connectivity index (χ4v) is 2.95. The van der Waals surface area contributed by atoms with Gasteiger partial charge in [-0.2, -0.15) is 0 Å². The van der Waals surface area contributed by atoms with Gasteiger partial charge in [0.15, 0.2) is 6.61 Å². The Morgan fingerprint density at radius 2 is 1.71 bits per heavy atom. The number of amides is 1. The molecule has 0 unspecified atom stereocenters. The van der Waals surface area contributed by atoms with Gasteiger partial charge in [0, 0.05) is 23.5 Å². The van der Waals surface area contributed by atoms with Crippen LogP contribution in [0.2, 0.25) is 0 Å². The number of rotatable bonds is 5. The normalized spacial score (nSPS) is 10.6. The van der Waals surface area contributed by atoms with Crippen LogP contribution in [0.5, 0.6) is 5.75 Å². The van der Waals surface area contributed by atoms with Gasteiger partial charge in [-0.3, -0.25) is 4.79 Å². The molecule has 0 fully saturated rings. The van der Waals surface area contributed by atoms with Crippen molar-refractivity contribution in [3.63, 3.8) is 0 Å². The maximum atomic E-state index is 12.4. The molecule has 0 aliphatic heterocycles. The molecule has 122 valence electrons. The van der Waals surface area contributed by atoms with Gasteiger partial charge >= 0.3 is 0 Å². The van der Waals surface area contributed by atoms with E-state index in [0.29, 0.717) is 6.54 Å². The molecule has 0 aromatic heterocycles. The SMILES string of the molecule is CN(Cc1ccccc1Br)C(=O)COc1cccc2ccccc12. The molecule has 0 radical (unpaired) electrons. The summed E-state index contributed by atoms with van der Waals surface area (Å²) in [7, 11) is 1.79. The smallest absolute Gasteiger partial charge is 0.260 e. The summed E-state index contributed by atoms with van der Waals surface area (Å²) >= 11 is 3.51. The first-order valence-electron chi connectivity index (χ1n) is 7.73. The number of fused-ring (bicyclic) bond motifs is 1. The average molecular weight is 384 g/mol. The highest BCUT2D eigenvalue weighted by molar-refractivity contribution is 9.10. The van der Waals surface area contributed by atoms with Crippen LogP contribution in [0.15, 0.2) is 71.2 Å². The lowest BCUT2D eigenvalue weighted by Crippen LogP contribution is -2.31. The number of benzene rings is 3. The van der Waals surface area contributed by atoms with Crippen molar-refractivity contribution in [3.05, 3.63) is 76.8 Å². The summed E-state index contributed by atoms with van der Waals surface area (Å²) in [5.41, 5.74) is 1.07. The van der Waals surface area contributed by atoms with Crippen molar-refractivity contribution in [2.75, 3.05) is 13.7 Å². The minimum atomic E-state index is -0.0568. The van der Waals surface area contributed by atoms with E-state index in [2.05, 4.69) is 15.9 Å². The molecule has 0 saturated heterocycles. The molecular weight excluding hydrogens is 366 g/mol. The van der Waals surface area contributed by atoms with Crippen LogP contribution < -0.4 is 4.74 Å². The number of carbonyl (C=O) groups is 1. The molecule has 0 N–H and O–H groups in total. The Kier molecular flexibility index (Phi) is 5.16. The first-order valence-corrected chi connectivity index (χ1v) is 8.52. The van der Waals surface area contributed by atoms with Crippen molar-refractivity contribution in [2.45, 2.75) is 6.54 Å². The molecule has 0 aliphatic rings. The monoisotopic (exact) mass is 383 g/mol. The van der Waals surface area contributed by atoms with Crippen LogP contribution in [0.4, 0.5) is 0 Å². The number of halogens is 1. The Morgan fingerprint density at radius 3 is 2.54 bits per heavy atom. The summed E-state index contributed by atoms with van der Waals surface area (Å²) in [5, 5.41) is 2.12. The molecule has 3 rings (SSSR count). The number of carbonyl (C=O) groups excluding carboxylic acids is 1. The van der Waals surface area contributed by atoms with Gasteiger partial charge < -0.3 is 9.64 Å². The van der Waals surface area contributed by atoms with E-state index >= 15 is 0 Å². The lowest BCUT2D eigenvalue weighted by Gasteiger charge is -2.18. The zero-order valence-corrected chi connectivity index (χ0v) is 15.0. The van der Waals surface area contributed by atoms with E-state index in [1.54, 1.807) is 11.9 Å². The molecule has 0 atom stereocenters. The minimum Gasteiger partial charge on any atom is -0.483 e. The first-order chi connectivity index (χ1) is 11.6. The summed E-state index contributed by atoms with van der Waals surface area (Å²) in [6.07, 6.45) is 0. The molecule has 3 aromatic carbocycles. The van der Waals surface area contributed by atoms with Crippen molar-refractivity contribution < 1.29 is 9.53 Å². The Labute approximate surface area is 150 Å². The predicted molar refractivity (Wildman–Crippen MR) is 100 cm³/mol. The number of likely N-dealkylation sites (N-methyl/N-ethyl adjacent to an activating group) is 1. The molecular formula is C20H18BrNO2. The van der Waals surface area contributed by atoms with Crippen molar-refractivity contribution in [1.82, 2.24) is 4.90 Å². The van der Waals surface area contributed by atoms with Crippen LogP contribution in [-0.2, 0) is 11.3 Å². The molecule has 3 aromatic rings. The third-order valence-corrected chi connectivity index (χ3v) is 4.67. The second-order valence-electron chi connectivity index (χ2n) is 5.61. The van der Waals surface area contributed by atoms with Gasteiger partial charge in [0.05, 0.1) is 0 Å². The average Bonchev–Trinajstić information content (AvgIpc) is 2.61. The minimum absolute atomic E-state index is 0.0228. The Bertz CT molecular complexity index is 858. The topological polar surface area (TPSA) is 29.5 Å². The lowest BCUT2D eigenvalue weighted by molar-refractivity contribution is -0.132. The van der Waals surface area contributed by atoms with E-state index in [9.17, 15) is 4.79 Å². The van der Waals surface area contributed by atoms with Crippen LogP contribution in [-0.4, -0.2) is 24.5 Å². The summed E-state index contributed by atoms with van der Waals surface area (Å²) < 4.78 is 6.77. The summed E-state index contributed by atoms with van der Waals surface area (Å²) in [6, 6.07) is 21.7. The van der Waals surface area contributed by atoms with Gasteiger partial charge in [0.25, 0.3) is 5.91 Å². The lowest BCUT2D eigenvalue weighted by atomic mass is 10.1. The van der Waals surface area contributed by atoms with Crippen LogP contribution in [0.25, 0.3) is 10.8 Å². The number of ether oxygens (including phenoxy) is 1. The summed E-state index contributed by atoms with van der Waals surface area (Å²) in [5.74, 6) is 0.675. The molecule has 24 heavy (non-hydrogen) atoms. The van der Waals surface area contributed by atoms with Gasteiger partial charge in [-0.25, -0.2) is 0 Å². The number of nitrogens with zero attached hydrogens (tertiary/aromatic N) is 1. The van der Waals surface area contributed by atoms with E-state index in [0.717, 1.165) is 26.6 Å². The Hall–Kier alpha value is -2.33. The number of hydrogen-bond donors (Lipinski definition) is 0. The highest BCUT2D eigenvalue weighted by atomic mass is 79.9. The largest absolute Gasteiger partial charge is 0.483 e. The van der Waals surface area contributed by atoms with E-state index in [-0.39, 0.29) is 12.5 Å². The van der Waals surface area contributed by atoms with E-state index < -0.39 is 0 Å². The highest BCUT2D eigenvalue weighted by Crippen LogP contribution is 2.25. The van der Waals surface area contributed by atoms with E-state index in [1.807, 2.05) is 66.7 Å². The molecule has 1 amide bonds. The first kappa shape index (κ1) is 16.5. The Morgan fingerprint density at radius 1 is 1.00 bits per heavy atom. The maximum Gasteiger partial charge on any atom is 0.260 e. The molecule has 3 nitrogen and oxygen atoms in total. The number of hydrogen-bond acceptors (Lipinski definition) is 2. The van der Waals surface area contributed by atoms with E-state index in [4.69, 9.17) is 4.74 Å². The third kappa shape index (κ3) is 3.77. The highest BCUT2D eigenvalue weighted by Gasteiger charge is 2.12. The van der Waals surface area contributed by atoms with Crippen molar-refractivity contribution in [3.8, 4) is 5.75 Å². The van der Waals surface area contributed by atoms with Gasteiger partial charge in [0.1, 0.15) is 5.75 Å². The van der Waals surface area contributed by atoms with Crippen molar-refractivity contribution >= 4 is 32.6 Å². The zero-order chi connectivity index (χ0) is 16.9. The van der Waals surface area contributed by atoms with Gasteiger partial charge in [-0.1, -0.05) is 70.5 Å². The van der Waals surface area contributed by atoms with Gasteiger partial charge in [-0.15, -0.1) is 0 Å². The Balaban J connectivity index is 1.65. The molecule has 0 aliphatic carbocycles. The van der Waals surface area contributed by atoms with E-state index in [1.165, 1.54) is 0 Å². The molecule has 0 heterocycles. The van der Waals surface area contributed by atoms with Crippen molar-refractivity contribution in [2.24, 2.45) is 0 Å². The fraction of sp³-hybridized carbons (Fsp3) is 0.150. The maximum absolute atomic E-state index is 12.4. The second-order valence-corrected chi connectivity index (χ2v) is 6.46. The summed E-state index contributed by atoms with van der Waals surface area (Å²) in [4.78, 5) is 14.0. The summed E-state index contributed by atoms with van der Waals surface area (Å²) in [6.45, 7) is 0.564.